The minimum atomic E-state index is 0.199. The second-order valence-electron chi connectivity index (χ2n) is 4.49. The summed E-state index contributed by atoms with van der Waals surface area (Å²) in [4.78, 5) is 0. The molecular formula is C14H21NO3. The smallest absolute Gasteiger partial charge is 0.161 e. The second-order valence-corrected chi connectivity index (χ2v) is 4.49. The minimum Gasteiger partial charge on any atom is -0.493 e. The van der Waals surface area contributed by atoms with Crippen LogP contribution >= 0.6 is 0 Å². The molecule has 2 N–H and O–H groups in total. The van der Waals surface area contributed by atoms with E-state index in [2.05, 4.69) is 0 Å². The average molecular weight is 251 g/mol. The predicted molar refractivity (Wildman–Crippen MR) is 70.0 cm³/mol. The average Bonchev–Trinajstić information content (AvgIpc) is 2.45. The molecule has 1 aliphatic heterocycles. The number of hydrogen-bond donors (Lipinski definition) is 1. The van der Waals surface area contributed by atoms with E-state index in [1.54, 1.807) is 7.11 Å². The van der Waals surface area contributed by atoms with E-state index in [1.807, 2.05) is 18.2 Å². The molecule has 0 aliphatic carbocycles. The van der Waals surface area contributed by atoms with Crippen molar-refractivity contribution in [3.05, 3.63) is 23.8 Å². The van der Waals surface area contributed by atoms with Crippen molar-refractivity contribution in [2.75, 3.05) is 20.3 Å². The first-order chi connectivity index (χ1) is 8.83. The van der Waals surface area contributed by atoms with Gasteiger partial charge in [-0.1, -0.05) is 6.07 Å². The first-order valence-corrected chi connectivity index (χ1v) is 6.45. The summed E-state index contributed by atoms with van der Waals surface area (Å²) in [5.41, 5.74) is 6.67. The number of ether oxygens (including phenoxy) is 3. The van der Waals surface area contributed by atoms with Gasteiger partial charge in [0.2, 0.25) is 0 Å². The summed E-state index contributed by atoms with van der Waals surface area (Å²) in [7, 11) is 1.64. The Bertz CT molecular complexity index is 375. The van der Waals surface area contributed by atoms with E-state index >= 15 is 0 Å². The van der Waals surface area contributed by atoms with Gasteiger partial charge >= 0.3 is 0 Å². The summed E-state index contributed by atoms with van der Waals surface area (Å²) in [6.07, 6.45) is 3.64. The molecule has 1 aromatic carbocycles. The minimum absolute atomic E-state index is 0.199. The fourth-order valence-corrected chi connectivity index (χ4v) is 2.08. The lowest BCUT2D eigenvalue weighted by Gasteiger charge is -2.23. The summed E-state index contributed by atoms with van der Waals surface area (Å²) >= 11 is 0. The quantitative estimate of drug-likeness (QED) is 0.870. The first kappa shape index (κ1) is 13.2. The van der Waals surface area contributed by atoms with Crippen LogP contribution in [0.15, 0.2) is 18.2 Å². The zero-order valence-electron chi connectivity index (χ0n) is 10.9. The first-order valence-electron chi connectivity index (χ1n) is 6.45. The van der Waals surface area contributed by atoms with Gasteiger partial charge in [-0.05, 0) is 37.0 Å². The van der Waals surface area contributed by atoms with Gasteiger partial charge in [0.05, 0.1) is 13.2 Å². The summed E-state index contributed by atoms with van der Waals surface area (Å²) in [6, 6.07) is 5.77. The van der Waals surface area contributed by atoms with Crippen molar-refractivity contribution in [3.8, 4) is 11.5 Å². The van der Waals surface area contributed by atoms with Crippen LogP contribution in [0.1, 0.15) is 24.8 Å². The van der Waals surface area contributed by atoms with Crippen LogP contribution < -0.4 is 15.2 Å². The highest BCUT2D eigenvalue weighted by atomic mass is 16.5. The lowest BCUT2D eigenvalue weighted by molar-refractivity contribution is -0.0115. The standard InChI is InChI=1S/C14H21NO3/c1-16-13-6-5-11(9-15)8-14(13)18-10-12-4-2-3-7-17-12/h5-6,8,12H,2-4,7,9-10,15H2,1H3. The van der Waals surface area contributed by atoms with E-state index in [-0.39, 0.29) is 6.10 Å². The Morgan fingerprint density at radius 3 is 2.89 bits per heavy atom. The van der Waals surface area contributed by atoms with Crippen LogP contribution in [-0.4, -0.2) is 26.4 Å². The van der Waals surface area contributed by atoms with Gasteiger partial charge in [-0.25, -0.2) is 0 Å². The highest BCUT2D eigenvalue weighted by Crippen LogP contribution is 2.28. The highest BCUT2D eigenvalue weighted by molar-refractivity contribution is 5.42. The molecule has 18 heavy (non-hydrogen) atoms. The Hall–Kier alpha value is -1.26. The Morgan fingerprint density at radius 2 is 2.22 bits per heavy atom. The number of hydrogen-bond acceptors (Lipinski definition) is 4. The van der Waals surface area contributed by atoms with Gasteiger partial charge in [0.15, 0.2) is 11.5 Å². The van der Waals surface area contributed by atoms with Crippen molar-refractivity contribution in [2.24, 2.45) is 5.73 Å². The fourth-order valence-electron chi connectivity index (χ4n) is 2.08. The molecule has 0 amide bonds. The molecule has 1 aromatic rings. The van der Waals surface area contributed by atoms with Gasteiger partial charge in [-0.3, -0.25) is 0 Å². The third-order valence-electron chi connectivity index (χ3n) is 3.16. The SMILES string of the molecule is COc1ccc(CN)cc1OCC1CCCCO1. The van der Waals surface area contributed by atoms with Crippen molar-refractivity contribution < 1.29 is 14.2 Å². The van der Waals surface area contributed by atoms with Crippen LogP contribution in [0.25, 0.3) is 0 Å². The van der Waals surface area contributed by atoms with E-state index in [0.29, 0.717) is 13.2 Å². The molecule has 1 unspecified atom stereocenters. The normalized spacial score (nSPS) is 19.6. The molecule has 1 fully saturated rings. The lowest BCUT2D eigenvalue weighted by atomic mass is 10.1. The van der Waals surface area contributed by atoms with E-state index < -0.39 is 0 Å². The van der Waals surface area contributed by atoms with E-state index in [1.165, 1.54) is 6.42 Å². The number of rotatable bonds is 5. The molecule has 1 aliphatic rings. The molecule has 100 valence electrons. The molecule has 1 saturated heterocycles. The van der Waals surface area contributed by atoms with Crippen LogP contribution in [0.4, 0.5) is 0 Å². The van der Waals surface area contributed by atoms with Crippen molar-refractivity contribution in [2.45, 2.75) is 31.9 Å². The molecule has 0 spiro atoms. The molecule has 0 radical (unpaired) electrons. The van der Waals surface area contributed by atoms with Gasteiger partial charge in [-0.15, -0.1) is 0 Å². The summed E-state index contributed by atoms with van der Waals surface area (Å²) in [5, 5.41) is 0. The van der Waals surface area contributed by atoms with Crippen LogP contribution in [0, 0.1) is 0 Å². The molecule has 0 bridgehead atoms. The fraction of sp³-hybridized carbons (Fsp3) is 0.571. The largest absolute Gasteiger partial charge is 0.493 e. The van der Waals surface area contributed by atoms with E-state index in [0.717, 1.165) is 36.5 Å². The number of methoxy groups -OCH3 is 1. The van der Waals surface area contributed by atoms with Crippen molar-refractivity contribution >= 4 is 0 Å². The Labute approximate surface area is 108 Å². The van der Waals surface area contributed by atoms with E-state index in [9.17, 15) is 0 Å². The summed E-state index contributed by atoms with van der Waals surface area (Å²) in [6.45, 7) is 1.92. The van der Waals surface area contributed by atoms with Crippen molar-refractivity contribution in [1.29, 1.82) is 0 Å². The third-order valence-corrected chi connectivity index (χ3v) is 3.16. The zero-order chi connectivity index (χ0) is 12.8. The molecule has 1 heterocycles. The maximum absolute atomic E-state index is 5.80. The molecular weight excluding hydrogens is 230 g/mol. The van der Waals surface area contributed by atoms with Gasteiger partial charge in [0.1, 0.15) is 6.61 Å². The molecule has 0 aromatic heterocycles. The van der Waals surface area contributed by atoms with Gasteiger partial charge in [-0.2, -0.15) is 0 Å². The molecule has 1 atom stereocenters. The lowest BCUT2D eigenvalue weighted by Crippen LogP contribution is -2.25. The molecule has 4 heteroatoms. The molecule has 4 nitrogen and oxygen atoms in total. The Morgan fingerprint density at radius 1 is 1.33 bits per heavy atom. The number of benzene rings is 1. The van der Waals surface area contributed by atoms with Gasteiger partial charge < -0.3 is 19.9 Å². The molecule has 0 saturated carbocycles. The van der Waals surface area contributed by atoms with Crippen LogP contribution in [0.5, 0.6) is 11.5 Å². The maximum atomic E-state index is 5.80. The number of nitrogens with two attached hydrogens (primary N) is 1. The van der Waals surface area contributed by atoms with Crippen molar-refractivity contribution in [3.63, 3.8) is 0 Å². The summed E-state index contributed by atoms with van der Waals surface area (Å²) in [5.74, 6) is 1.48. The van der Waals surface area contributed by atoms with Gasteiger partial charge in [0, 0.05) is 13.2 Å². The van der Waals surface area contributed by atoms with Gasteiger partial charge in [0.25, 0.3) is 0 Å². The maximum Gasteiger partial charge on any atom is 0.161 e. The Kier molecular flexibility index (Phi) is 4.84. The monoisotopic (exact) mass is 251 g/mol. The van der Waals surface area contributed by atoms with Crippen LogP contribution in [-0.2, 0) is 11.3 Å². The summed E-state index contributed by atoms with van der Waals surface area (Å²) < 4.78 is 16.7. The highest BCUT2D eigenvalue weighted by Gasteiger charge is 2.15. The van der Waals surface area contributed by atoms with E-state index in [4.69, 9.17) is 19.9 Å². The third kappa shape index (κ3) is 3.37. The van der Waals surface area contributed by atoms with Crippen LogP contribution in [0.3, 0.4) is 0 Å². The topological polar surface area (TPSA) is 53.7 Å². The Balaban J connectivity index is 1.97. The van der Waals surface area contributed by atoms with Crippen molar-refractivity contribution in [1.82, 2.24) is 0 Å². The molecule has 2 rings (SSSR count). The predicted octanol–water partition coefficient (Wildman–Crippen LogP) is 2.10. The van der Waals surface area contributed by atoms with Crippen LogP contribution in [0.2, 0.25) is 0 Å². The zero-order valence-corrected chi connectivity index (χ0v) is 10.9. The second kappa shape index (κ2) is 6.61.